The molecular weight excluding hydrogens is 294 g/mol. The van der Waals surface area contributed by atoms with E-state index in [1.807, 2.05) is 24.3 Å². The molecule has 1 amide bonds. The van der Waals surface area contributed by atoms with Crippen molar-refractivity contribution in [2.24, 2.45) is 0 Å². The molecular formula is C17H17N3O3. The number of imidazole rings is 1. The van der Waals surface area contributed by atoms with Gasteiger partial charge in [0.25, 0.3) is 5.91 Å². The number of aryl methyl sites for hydroxylation is 1. The highest BCUT2D eigenvalue weighted by Gasteiger charge is 2.18. The number of ether oxygens (including phenoxy) is 2. The van der Waals surface area contributed by atoms with E-state index >= 15 is 0 Å². The number of nitrogens with zero attached hydrogens (tertiary/aromatic N) is 2. The summed E-state index contributed by atoms with van der Waals surface area (Å²) >= 11 is 0. The fourth-order valence-electron chi connectivity index (χ4n) is 2.48. The van der Waals surface area contributed by atoms with Crippen LogP contribution in [0.3, 0.4) is 0 Å². The van der Waals surface area contributed by atoms with Crippen molar-refractivity contribution in [3.63, 3.8) is 0 Å². The molecule has 0 unspecified atom stereocenters. The lowest BCUT2D eigenvalue weighted by molar-refractivity contribution is 0.102. The zero-order valence-electron chi connectivity index (χ0n) is 13.2. The third-order valence-electron chi connectivity index (χ3n) is 3.55. The van der Waals surface area contributed by atoms with Gasteiger partial charge in [-0.3, -0.25) is 9.20 Å². The lowest BCUT2D eigenvalue weighted by atomic mass is 10.2. The van der Waals surface area contributed by atoms with Gasteiger partial charge in [-0.25, -0.2) is 4.98 Å². The minimum Gasteiger partial charge on any atom is -0.497 e. The maximum atomic E-state index is 12.7. The van der Waals surface area contributed by atoms with Crippen LogP contribution in [0.2, 0.25) is 0 Å². The van der Waals surface area contributed by atoms with Gasteiger partial charge >= 0.3 is 0 Å². The molecule has 3 aromatic rings. The van der Waals surface area contributed by atoms with Gasteiger partial charge < -0.3 is 14.8 Å². The molecule has 0 aliphatic carbocycles. The fourth-order valence-corrected chi connectivity index (χ4v) is 2.48. The molecule has 2 heterocycles. The molecule has 6 heteroatoms. The SMILES string of the molecule is COc1cccc(NC(=O)c2c(C)nc3c(OC)cccn23)c1. The van der Waals surface area contributed by atoms with Crippen molar-refractivity contribution < 1.29 is 14.3 Å². The fraction of sp³-hybridized carbons (Fsp3) is 0.176. The van der Waals surface area contributed by atoms with Gasteiger partial charge in [0, 0.05) is 18.0 Å². The van der Waals surface area contributed by atoms with Crippen LogP contribution < -0.4 is 14.8 Å². The highest BCUT2D eigenvalue weighted by atomic mass is 16.5. The number of hydrogen-bond donors (Lipinski definition) is 1. The number of aromatic nitrogens is 2. The van der Waals surface area contributed by atoms with Gasteiger partial charge in [-0.15, -0.1) is 0 Å². The highest BCUT2D eigenvalue weighted by Crippen LogP contribution is 2.23. The van der Waals surface area contributed by atoms with Crippen LogP contribution in [0.1, 0.15) is 16.2 Å². The maximum absolute atomic E-state index is 12.7. The minimum absolute atomic E-state index is 0.239. The summed E-state index contributed by atoms with van der Waals surface area (Å²) in [6, 6.07) is 10.8. The Bertz CT molecular complexity index is 871. The molecule has 1 aromatic carbocycles. The van der Waals surface area contributed by atoms with Gasteiger partial charge in [0.05, 0.1) is 19.9 Å². The molecule has 0 saturated heterocycles. The Morgan fingerprint density at radius 3 is 2.74 bits per heavy atom. The Kier molecular flexibility index (Phi) is 3.89. The summed E-state index contributed by atoms with van der Waals surface area (Å²) < 4.78 is 12.2. The van der Waals surface area contributed by atoms with Gasteiger partial charge in [-0.05, 0) is 31.2 Å². The molecule has 23 heavy (non-hydrogen) atoms. The zero-order chi connectivity index (χ0) is 16.4. The number of amides is 1. The average Bonchev–Trinajstić information content (AvgIpc) is 2.90. The van der Waals surface area contributed by atoms with E-state index in [-0.39, 0.29) is 5.91 Å². The first kappa shape index (κ1) is 14.9. The minimum atomic E-state index is -0.239. The standard InChI is InChI=1S/C17H17N3O3/c1-11-15(20-9-5-8-14(23-3)16(20)18-11)17(21)19-12-6-4-7-13(10-12)22-2/h4-10H,1-3H3,(H,19,21). The van der Waals surface area contributed by atoms with Gasteiger partial charge in [-0.2, -0.15) is 0 Å². The van der Waals surface area contributed by atoms with Crippen LogP contribution in [0.25, 0.3) is 5.65 Å². The third-order valence-corrected chi connectivity index (χ3v) is 3.55. The van der Waals surface area contributed by atoms with Crippen LogP contribution in [-0.4, -0.2) is 29.5 Å². The van der Waals surface area contributed by atoms with E-state index in [0.29, 0.717) is 34.2 Å². The molecule has 6 nitrogen and oxygen atoms in total. The maximum Gasteiger partial charge on any atom is 0.274 e. The molecule has 118 valence electrons. The highest BCUT2D eigenvalue weighted by molar-refractivity contribution is 6.04. The quantitative estimate of drug-likeness (QED) is 0.804. The second-order valence-electron chi connectivity index (χ2n) is 5.00. The summed E-state index contributed by atoms with van der Waals surface area (Å²) in [5.41, 5.74) is 2.38. The molecule has 0 spiro atoms. The number of nitrogens with one attached hydrogen (secondary N) is 1. The van der Waals surface area contributed by atoms with Crippen molar-refractivity contribution in [2.45, 2.75) is 6.92 Å². The molecule has 0 fully saturated rings. The van der Waals surface area contributed by atoms with Crippen LogP contribution in [0.4, 0.5) is 5.69 Å². The molecule has 0 atom stereocenters. The molecule has 2 aromatic heterocycles. The molecule has 3 rings (SSSR count). The first-order chi connectivity index (χ1) is 11.1. The van der Waals surface area contributed by atoms with Gasteiger partial charge in [0.2, 0.25) is 0 Å². The predicted molar refractivity (Wildman–Crippen MR) is 87.4 cm³/mol. The van der Waals surface area contributed by atoms with Crippen molar-refractivity contribution in [3.8, 4) is 11.5 Å². The lowest BCUT2D eigenvalue weighted by Crippen LogP contribution is -2.15. The monoisotopic (exact) mass is 311 g/mol. The number of benzene rings is 1. The summed E-state index contributed by atoms with van der Waals surface area (Å²) in [7, 11) is 3.16. The summed E-state index contributed by atoms with van der Waals surface area (Å²) in [5, 5.41) is 2.87. The number of anilines is 1. The third kappa shape index (κ3) is 2.70. The molecule has 0 aliphatic rings. The van der Waals surface area contributed by atoms with E-state index in [0.717, 1.165) is 0 Å². The van der Waals surface area contributed by atoms with E-state index in [2.05, 4.69) is 10.3 Å². The number of rotatable bonds is 4. The van der Waals surface area contributed by atoms with Crippen molar-refractivity contribution in [1.82, 2.24) is 9.38 Å². The van der Waals surface area contributed by atoms with Gasteiger partial charge in [0.1, 0.15) is 11.4 Å². The van der Waals surface area contributed by atoms with Crippen molar-refractivity contribution in [1.29, 1.82) is 0 Å². The number of carbonyl (C=O) groups is 1. The second-order valence-corrected chi connectivity index (χ2v) is 5.00. The predicted octanol–water partition coefficient (Wildman–Crippen LogP) is 2.91. The average molecular weight is 311 g/mol. The number of carbonyl (C=O) groups excluding carboxylic acids is 1. The first-order valence-corrected chi connectivity index (χ1v) is 7.11. The van der Waals surface area contributed by atoms with Gasteiger partial charge in [-0.1, -0.05) is 6.07 Å². The Labute approximate surface area is 133 Å². The summed E-state index contributed by atoms with van der Waals surface area (Å²) in [6.45, 7) is 1.80. The lowest BCUT2D eigenvalue weighted by Gasteiger charge is -2.08. The molecule has 0 saturated carbocycles. The summed E-state index contributed by atoms with van der Waals surface area (Å²) in [4.78, 5) is 17.1. The number of methoxy groups -OCH3 is 2. The second kappa shape index (κ2) is 6.00. The molecule has 0 radical (unpaired) electrons. The smallest absolute Gasteiger partial charge is 0.274 e. The van der Waals surface area contributed by atoms with Gasteiger partial charge in [0.15, 0.2) is 11.4 Å². The molecule has 1 N–H and O–H groups in total. The number of pyridine rings is 1. The van der Waals surface area contributed by atoms with E-state index in [9.17, 15) is 4.79 Å². The summed E-state index contributed by atoms with van der Waals surface area (Å²) in [6.07, 6.45) is 1.79. The Balaban J connectivity index is 1.99. The zero-order valence-corrected chi connectivity index (χ0v) is 13.2. The number of fused-ring (bicyclic) bond motifs is 1. The van der Waals surface area contributed by atoms with Crippen LogP contribution in [0, 0.1) is 6.92 Å². The first-order valence-electron chi connectivity index (χ1n) is 7.11. The topological polar surface area (TPSA) is 64.9 Å². The summed E-state index contributed by atoms with van der Waals surface area (Å²) in [5.74, 6) is 1.06. The largest absolute Gasteiger partial charge is 0.497 e. The van der Waals surface area contributed by atoms with Crippen LogP contribution in [0.15, 0.2) is 42.6 Å². The Hall–Kier alpha value is -3.02. The van der Waals surface area contributed by atoms with Crippen LogP contribution in [-0.2, 0) is 0 Å². The van der Waals surface area contributed by atoms with E-state index in [4.69, 9.17) is 9.47 Å². The van der Waals surface area contributed by atoms with Crippen LogP contribution in [0.5, 0.6) is 11.5 Å². The van der Waals surface area contributed by atoms with Crippen molar-refractivity contribution in [3.05, 3.63) is 54.0 Å². The molecule has 0 bridgehead atoms. The molecule has 0 aliphatic heterocycles. The van der Waals surface area contributed by atoms with E-state index in [1.165, 1.54) is 0 Å². The van der Waals surface area contributed by atoms with E-state index < -0.39 is 0 Å². The van der Waals surface area contributed by atoms with Crippen molar-refractivity contribution in [2.75, 3.05) is 19.5 Å². The van der Waals surface area contributed by atoms with E-state index in [1.54, 1.807) is 43.9 Å². The normalized spacial score (nSPS) is 10.6. The van der Waals surface area contributed by atoms with Crippen molar-refractivity contribution >= 4 is 17.2 Å². The number of hydrogen-bond acceptors (Lipinski definition) is 4. The van der Waals surface area contributed by atoms with Crippen LogP contribution >= 0.6 is 0 Å². The Morgan fingerprint density at radius 1 is 1.17 bits per heavy atom. The Morgan fingerprint density at radius 2 is 2.00 bits per heavy atom.